The Morgan fingerprint density at radius 2 is 1.95 bits per heavy atom. The summed E-state index contributed by atoms with van der Waals surface area (Å²) in [7, 11) is 0. The van der Waals surface area contributed by atoms with Crippen molar-refractivity contribution in [2.75, 3.05) is 0 Å². The molecule has 0 spiro atoms. The first-order chi connectivity index (χ1) is 9.16. The van der Waals surface area contributed by atoms with E-state index in [1.165, 1.54) is 0 Å². The lowest BCUT2D eigenvalue weighted by Gasteiger charge is -2.02. The van der Waals surface area contributed by atoms with Crippen LogP contribution >= 0.6 is 0 Å². The molecule has 1 saturated carbocycles. The van der Waals surface area contributed by atoms with Crippen molar-refractivity contribution >= 4 is 5.78 Å². The summed E-state index contributed by atoms with van der Waals surface area (Å²) in [6.07, 6.45) is 1.44. The Kier molecular flexibility index (Phi) is 2.85. The molecule has 4 heteroatoms. The van der Waals surface area contributed by atoms with Crippen molar-refractivity contribution in [3.05, 3.63) is 65.5 Å². The average Bonchev–Trinajstić information content (AvgIpc) is 3.22. The van der Waals surface area contributed by atoms with Gasteiger partial charge in [0.1, 0.15) is 0 Å². The summed E-state index contributed by atoms with van der Waals surface area (Å²) in [4.78, 5) is 15.3. The van der Waals surface area contributed by atoms with Crippen LogP contribution in [0.5, 0.6) is 0 Å². The number of rotatable bonds is 3. The van der Waals surface area contributed by atoms with Crippen molar-refractivity contribution in [1.82, 2.24) is 4.98 Å². The van der Waals surface area contributed by atoms with Gasteiger partial charge in [-0.25, -0.2) is 9.37 Å². The summed E-state index contributed by atoms with van der Waals surface area (Å²) in [5.41, 5.74) is 0.867. The van der Waals surface area contributed by atoms with Crippen LogP contribution < -0.4 is 0 Å². The van der Waals surface area contributed by atoms with Crippen LogP contribution in [0, 0.1) is 17.7 Å². The number of carbonyl (C=O) groups excluding carboxylic acids is 1. The summed E-state index contributed by atoms with van der Waals surface area (Å²) in [5.74, 6) is -2.07. The van der Waals surface area contributed by atoms with E-state index in [1.54, 1.807) is 0 Å². The maximum absolute atomic E-state index is 13.5. The highest BCUT2D eigenvalue weighted by molar-refractivity contribution is 6.00. The van der Waals surface area contributed by atoms with Crippen molar-refractivity contribution in [3.63, 3.8) is 0 Å². The van der Waals surface area contributed by atoms with Crippen molar-refractivity contribution in [2.45, 2.75) is 12.3 Å². The van der Waals surface area contributed by atoms with Crippen LogP contribution in [0.1, 0.15) is 28.3 Å². The number of ketones is 1. The van der Waals surface area contributed by atoms with Gasteiger partial charge in [0.15, 0.2) is 11.6 Å². The number of carbonyl (C=O) groups is 1. The fraction of sp³-hybridized carbons (Fsp3) is 0.200. The molecule has 96 valence electrons. The second kappa shape index (κ2) is 4.53. The van der Waals surface area contributed by atoms with E-state index >= 15 is 0 Å². The molecule has 0 aliphatic heterocycles. The third-order valence-electron chi connectivity index (χ3n) is 3.44. The molecule has 2 nitrogen and oxygen atoms in total. The largest absolute Gasteiger partial charge is 0.294 e. The molecule has 2 unspecified atom stereocenters. The molecule has 1 aromatic heterocycles. The van der Waals surface area contributed by atoms with Crippen LogP contribution in [-0.2, 0) is 0 Å². The van der Waals surface area contributed by atoms with E-state index in [-0.39, 0.29) is 23.2 Å². The van der Waals surface area contributed by atoms with Crippen molar-refractivity contribution in [2.24, 2.45) is 5.92 Å². The van der Waals surface area contributed by atoms with Gasteiger partial charge in [-0.2, -0.15) is 4.39 Å². The Morgan fingerprint density at radius 1 is 1.21 bits per heavy atom. The van der Waals surface area contributed by atoms with Gasteiger partial charge in [0.05, 0.1) is 11.8 Å². The Hall–Kier alpha value is -2.10. The summed E-state index contributed by atoms with van der Waals surface area (Å²) < 4.78 is 26.5. The number of nitrogens with zero attached hydrogens (tertiary/aromatic N) is 1. The van der Waals surface area contributed by atoms with E-state index in [2.05, 4.69) is 4.98 Å². The van der Waals surface area contributed by atoms with Crippen LogP contribution in [0.3, 0.4) is 0 Å². The standard InChI is InChI=1S/C15H11F2NO/c16-13-8-18-14(17)7-12(13)15(19)11-6-10(11)9-4-2-1-3-5-9/h1-5,7-8,10-11H,6H2. The van der Waals surface area contributed by atoms with Gasteiger partial charge >= 0.3 is 0 Å². The number of pyridine rings is 1. The van der Waals surface area contributed by atoms with Crippen molar-refractivity contribution in [1.29, 1.82) is 0 Å². The van der Waals surface area contributed by atoms with E-state index < -0.39 is 11.8 Å². The predicted octanol–water partition coefficient (Wildman–Crippen LogP) is 3.35. The summed E-state index contributed by atoms with van der Waals surface area (Å²) in [5, 5.41) is 0. The average molecular weight is 259 g/mol. The van der Waals surface area contributed by atoms with Crippen LogP contribution in [0.25, 0.3) is 0 Å². The Balaban J connectivity index is 1.82. The topological polar surface area (TPSA) is 30.0 Å². The minimum Gasteiger partial charge on any atom is -0.294 e. The van der Waals surface area contributed by atoms with Gasteiger partial charge in [-0.15, -0.1) is 0 Å². The number of Topliss-reactive ketones (excluding diaryl/α,β-unsaturated/α-hetero) is 1. The minimum atomic E-state index is -0.832. The maximum Gasteiger partial charge on any atom is 0.213 e. The molecule has 1 heterocycles. The highest BCUT2D eigenvalue weighted by atomic mass is 19.1. The molecule has 0 bridgehead atoms. The highest BCUT2D eigenvalue weighted by Gasteiger charge is 2.44. The van der Waals surface area contributed by atoms with Gasteiger partial charge in [0.2, 0.25) is 5.95 Å². The highest BCUT2D eigenvalue weighted by Crippen LogP contribution is 2.49. The minimum absolute atomic E-state index is 0.115. The Labute approximate surface area is 109 Å². The third-order valence-corrected chi connectivity index (χ3v) is 3.44. The van der Waals surface area contributed by atoms with Crippen LogP contribution in [0.2, 0.25) is 0 Å². The first-order valence-electron chi connectivity index (χ1n) is 6.07. The van der Waals surface area contributed by atoms with Crippen LogP contribution in [0.15, 0.2) is 42.6 Å². The van der Waals surface area contributed by atoms with Crippen LogP contribution in [0.4, 0.5) is 8.78 Å². The Bertz CT molecular complexity index is 627. The molecule has 3 rings (SSSR count). The lowest BCUT2D eigenvalue weighted by atomic mass is 10.0. The number of hydrogen-bond donors (Lipinski definition) is 0. The quantitative estimate of drug-likeness (QED) is 0.625. The summed E-state index contributed by atoms with van der Waals surface area (Å²) in [6.45, 7) is 0. The van der Waals surface area contributed by atoms with E-state index in [0.29, 0.717) is 6.42 Å². The van der Waals surface area contributed by atoms with Crippen molar-refractivity contribution < 1.29 is 13.6 Å². The maximum atomic E-state index is 13.5. The number of hydrogen-bond acceptors (Lipinski definition) is 2. The van der Waals surface area contributed by atoms with Gasteiger partial charge in [0.25, 0.3) is 0 Å². The van der Waals surface area contributed by atoms with E-state index in [0.717, 1.165) is 17.8 Å². The number of benzene rings is 1. The molecule has 0 saturated heterocycles. The molecule has 1 aliphatic rings. The zero-order valence-electron chi connectivity index (χ0n) is 10.0. The lowest BCUT2D eigenvalue weighted by molar-refractivity contribution is 0.0960. The van der Waals surface area contributed by atoms with Gasteiger partial charge in [0, 0.05) is 12.0 Å². The van der Waals surface area contributed by atoms with Crippen LogP contribution in [-0.4, -0.2) is 10.8 Å². The molecule has 1 aromatic carbocycles. The first-order valence-corrected chi connectivity index (χ1v) is 6.07. The zero-order chi connectivity index (χ0) is 13.4. The fourth-order valence-electron chi connectivity index (χ4n) is 2.36. The van der Waals surface area contributed by atoms with Crippen molar-refractivity contribution in [3.8, 4) is 0 Å². The molecule has 0 radical (unpaired) electrons. The predicted molar refractivity (Wildman–Crippen MR) is 65.8 cm³/mol. The normalized spacial score (nSPS) is 21.2. The molecule has 0 N–H and O–H groups in total. The second-order valence-corrected chi connectivity index (χ2v) is 4.71. The molecule has 19 heavy (non-hydrogen) atoms. The molecular weight excluding hydrogens is 248 g/mol. The summed E-state index contributed by atoms with van der Waals surface area (Å²) in [6, 6.07) is 10.5. The monoisotopic (exact) mass is 259 g/mol. The molecule has 1 aliphatic carbocycles. The SMILES string of the molecule is O=C(c1cc(F)ncc1F)C1CC1c1ccccc1. The smallest absolute Gasteiger partial charge is 0.213 e. The molecule has 0 amide bonds. The first kappa shape index (κ1) is 12.0. The molecular formula is C15H11F2NO. The molecule has 1 fully saturated rings. The van der Waals surface area contributed by atoms with Gasteiger partial charge in [-0.1, -0.05) is 30.3 Å². The third kappa shape index (κ3) is 2.26. The van der Waals surface area contributed by atoms with E-state index in [9.17, 15) is 13.6 Å². The van der Waals surface area contributed by atoms with Gasteiger partial charge < -0.3 is 0 Å². The van der Waals surface area contributed by atoms with E-state index in [1.807, 2.05) is 30.3 Å². The van der Waals surface area contributed by atoms with Gasteiger partial charge in [-0.3, -0.25) is 4.79 Å². The number of halogens is 2. The lowest BCUT2D eigenvalue weighted by Crippen LogP contribution is -2.07. The fourth-order valence-corrected chi connectivity index (χ4v) is 2.36. The second-order valence-electron chi connectivity index (χ2n) is 4.71. The van der Waals surface area contributed by atoms with Gasteiger partial charge in [-0.05, 0) is 17.9 Å². The molecule has 2 aromatic rings. The van der Waals surface area contributed by atoms with E-state index in [4.69, 9.17) is 0 Å². The zero-order valence-corrected chi connectivity index (χ0v) is 10.0. The summed E-state index contributed by atoms with van der Waals surface area (Å²) >= 11 is 0. The molecule has 2 atom stereocenters. The number of aromatic nitrogens is 1. The Morgan fingerprint density at radius 3 is 2.68 bits per heavy atom.